The monoisotopic (exact) mass is 241 g/mol. The van der Waals surface area contributed by atoms with Crippen LogP contribution in [0.1, 0.15) is 65.7 Å². The van der Waals surface area contributed by atoms with Crippen LogP contribution >= 0.6 is 0 Å². The fourth-order valence-electron chi connectivity index (χ4n) is 2.63. The molecule has 17 heavy (non-hydrogen) atoms. The van der Waals surface area contributed by atoms with E-state index in [9.17, 15) is 9.90 Å². The predicted octanol–water partition coefficient (Wildman–Crippen LogP) is 2.62. The van der Waals surface area contributed by atoms with Crippen molar-refractivity contribution in [1.82, 2.24) is 5.32 Å². The molecule has 0 heterocycles. The molecular formula is C14H27NO2. The quantitative estimate of drug-likeness (QED) is 0.743. The highest BCUT2D eigenvalue weighted by molar-refractivity contribution is 5.83. The van der Waals surface area contributed by atoms with Gasteiger partial charge in [-0.3, -0.25) is 4.79 Å². The van der Waals surface area contributed by atoms with Crippen LogP contribution in [0.15, 0.2) is 0 Å². The summed E-state index contributed by atoms with van der Waals surface area (Å²) in [5.74, 6) is 0.140. The summed E-state index contributed by atoms with van der Waals surface area (Å²) < 4.78 is 0. The van der Waals surface area contributed by atoms with Crippen molar-refractivity contribution in [3.05, 3.63) is 0 Å². The maximum absolute atomic E-state index is 12.5. The van der Waals surface area contributed by atoms with Gasteiger partial charge in [0.15, 0.2) is 0 Å². The third kappa shape index (κ3) is 3.70. The van der Waals surface area contributed by atoms with E-state index in [1.54, 1.807) is 0 Å². The third-order valence-corrected chi connectivity index (χ3v) is 4.07. The largest absolute Gasteiger partial charge is 0.394 e. The first-order valence-electron chi connectivity index (χ1n) is 6.89. The minimum Gasteiger partial charge on any atom is -0.394 e. The minimum atomic E-state index is -0.508. The molecule has 1 rings (SSSR count). The van der Waals surface area contributed by atoms with Gasteiger partial charge in [0.25, 0.3) is 0 Å². The van der Waals surface area contributed by atoms with Crippen molar-refractivity contribution in [2.24, 2.45) is 5.41 Å². The van der Waals surface area contributed by atoms with Gasteiger partial charge in [-0.1, -0.05) is 32.6 Å². The van der Waals surface area contributed by atoms with Crippen molar-refractivity contribution in [3.8, 4) is 0 Å². The second kappa shape index (κ2) is 5.85. The number of hydrogen-bond acceptors (Lipinski definition) is 2. The molecule has 0 aromatic heterocycles. The molecular weight excluding hydrogens is 214 g/mol. The first kappa shape index (κ1) is 14.5. The van der Waals surface area contributed by atoms with Crippen LogP contribution in [0.25, 0.3) is 0 Å². The van der Waals surface area contributed by atoms with Crippen LogP contribution in [0.3, 0.4) is 0 Å². The van der Waals surface area contributed by atoms with Gasteiger partial charge < -0.3 is 10.4 Å². The SMILES string of the molecule is CCC1(C(=O)NC(C)(C)CO)CCCCCC1. The lowest BCUT2D eigenvalue weighted by molar-refractivity contribution is -0.134. The topological polar surface area (TPSA) is 49.3 Å². The zero-order chi connectivity index (χ0) is 12.9. The summed E-state index contributed by atoms with van der Waals surface area (Å²) in [6.07, 6.45) is 7.70. The lowest BCUT2D eigenvalue weighted by Crippen LogP contribution is -2.52. The Labute approximate surface area is 105 Å². The molecule has 2 N–H and O–H groups in total. The summed E-state index contributed by atoms with van der Waals surface area (Å²) in [4.78, 5) is 12.5. The van der Waals surface area contributed by atoms with Crippen molar-refractivity contribution in [2.75, 3.05) is 6.61 Å². The Morgan fingerprint density at radius 2 is 1.76 bits per heavy atom. The Morgan fingerprint density at radius 1 is 1.24 bits per heavy atom. The zero-order valence-corrected chi connectivity index (χ0v) is 11.5. The Morgan fingerprint density at radius 3 is 2.18 bits per heavy atom. The fourth-order valence-corrected chi connectivity index (χ4v) is 2.63. The molecule has 0 aromatic carbocycles. The molecule has 0 aromatic rings. The Balaban J connectivity index is 2.74. The van der Waals surface area contributed by atoms with E-state index in [4.69, 9.17) is 0 Å². The minimum absolute atomic E-state index is 0.0153. The molecule has 0 atom stereocenters. The summed E-state index contributed by atoms with van der Waals surface area (Å²) in [5, 5.41) is 12.2. The number of carbonyl (C=O) groups excluding carboxylic acids is 1. The number of carbonyl (C=O) groups is 1. The van der Waals surface area contributed by atoms with Gasteiger partial charge in [0.2, 0.25) is 5.91 Å². The van der Waals surface area contributed by atoms with Gasteiger partial charge in [-0.25, -0.2) is 0 Å². The summed E-state index contributed by atoms with van der Waals surface area (Å²) in [6.45, 7) is 5.82. The van der Waals surface area contributed by atoms with Crippen molar-refractivity contribution in [2.45, 2.75) is 71.3 Å². The zero-order valence-electron chi connectivity index (χ0n) is 11.5. The van der Waals surface area contributed by atoms with Crippen LogP contribution in [0.2, 0.25) is 0 Å². The van der Waals surface area contributed by atoms with E-state index in [0.29, 0.717) is 0 Å². The molecule has 1 aliphatic rings. The van der Waals surface area contributed by atoms with E-state index < -0.39 is 5.54 Å². The molecule has 1 aliphatic carbocycles. The number of nitrogens with one attached hydrogen (secondary N) is 1. The van der Waals surface area contributed by atoms with E-state index in [1.165, 1.54) is 12.8 Å². The molecule has 1 saturated carbocycles. The van der Waals surface area contributed by atoms with Crippen molar-refractivity contribution < 1.29 is 9.90 Å². The standard InChI is InChI=1S/C14H27NO2/c1-4-14(9-7-5-6-8-10-14)12(17)15-13(2,3)11-16/h16H,4-11H2,1-3H3,(H,15,17). The average Bonchev–Trinajstić information content (AvgIpc) is 2.54. The lowest BCUT2D eigenvalue weighted by Gasteiger charge is -2.34. The highest BCUT2D eigenvalue weighted by Gasteiger charge is 2.38. The van der Waals surface area contributed by atoms with Crippen LogP contribution in [0.4, 0.5) is 0 Å². The first-order chi connectivity index (χ1) is 7.96. The Bertz CT molecular complexity index is 253. The molecule has 3 nitrogen and oxygen atoms in total. The molecule has 1 amide bonds. The maximum atomic E-state index is 12.5. The van der Waals surface area contributed by atoms with Crippen molar-refractivity contribution >= 4 is 5.91 Å². The Hall–Kier alpha value is -0.570. The van der Waals surface area contributed by atoms with E-state index in [1.807, 2.05) is 13.8 Å². The predicted molar refractivity (Wildman–Crippen MR) is 69.7 cm³/mol. The number of aliphatic hydroxyl groups is 1. The molecule has 0 radical (unpaired) electrons. The third-order valence-electron chi connectivity index (χ3n) is 4.07. The molecule has 0 spiro atoms. The summed E-state index contributed by atoms with van der Waals surface area (Å²) in [7, 11) is 0. The van der Waals surface area contributed by atoms with Crippen LogP contribution in [0.5, 0.6) is 0 Å². The number of amides is 1. The maximum Gasteiger partial charge on any atom is 0.226 e. The summed E-state index contributed by atoms with van der Waals surface area (Å²) >= 11 is 0. The second-order valence-electron chi connectivity index (χ2n) is 6.04. The first-order valence-corrected chi connectivity index (χ1v) is 6.89. The van der Waals surface area contributed by atoms with E-state index in [2.05, 4.69) is 12.2 Å². The number of hydrogen-bond donors (Lipinski definition) is 2. The average molecular weight is 241 g/mol. The summed E-state index contributed by atoms with van der Waals surface area (Å²) in [6, 6.07) is 0. The van der Waals surface area contributed by atoms with Gasteiger partial charge in [-0.15, -0.1) is 0 Å². The van der Waals surface area contributed by atoms with Gasteiger partial charge in [0.05, 0.1) is 12.1 Å². The van der Waals surface area contributed by atoms with E-state index in [0.717, 1.165) is 32.1 Å². The molecule has 100 valence electrons. The molecule has 0 saturated heterocycles. The van der Waals surface area contributed by atoms with Crippen LogP contribution in [-0.4, -0.2) is 23.2 Å². The molecule has 0 bridgehead atoms. The van der Waals surface area contributed by atoms with Gasteiger partial charge in [-0.2, -0.15) is 0 Å². The van der Waals surface area contributed by atoms with Gasteiger partial charge in [0.1, 0.15) is 0 Å². The highest BCUT2D eigenvalue weighted by atomic mass is 16.3. The normalized spacial score (nSPS) is 20.7. The molecule has 0 aliphatic heterocycles. The molecule has 0 unspecified atom stereocenters. The van der Waals surface area contributed by atoms with Crippen molar-refractivity contribution in [3.63, 3.8) is 0 Å². The van der Waals surface area contributed by atoms with Gasteiger partial charge >= 0.3 is 0 Å². The number of rotatable bonds is 4. The van der Waals surface area contributed by atoms with Gasteiger partial charge in [0, 0.05) is 5.41 Å². The van der Waals surface area contributed by atoms with E-state index >= 15 is 0 Å². The molecule has 3 heteroatoms. The summed E-state index contributed by atoms with van der Waals surface area (Å²) in [5.41, 5.74) is -0.700. The fraction of sp³-hybridized carbons (Fsp3) is 0.929. The van der Waals surface area contributed by atoms with Gasteiger partial charge in [-0.05, 0) is 33.1 Å². The van der Waals surface area contributed by atoms with Crippen molar-refractivity contribution in [1.29, 1.82) is 0 Å². The smallest absolute Gasteiger partial charge is 0.226 e. The highest BCUT2D eigenvalue weighted by Crippen LogP contribution is 2.38. The number of aliphatic hydroxyl groups excluding tert-OH is 1. The Kier molecular flexibility index (Phi) is 4.99. The lowest BCUT2D eigenvalue weighted by atomic mass is 9.76. The second-order valence-corrected chi connectivity index (χ2v) is 6.04. The molecule has 1 fully saturated rings. The van der Waals surface area contributed by atoms with E-state index in [-0.39, 0.29) is 17.9 Å². The van der Waals surface area contributed by atoms with Crippen LogP contribution in [0, 0.1) is 5.41 Å². The van der Waals surface area contributed by atoms with Crippen LogP contribution in [-0.2, 0) is 4.79 Å². The van der Waals surface area contributed by atoms with Crippen LogP contribution < -0.4 is 5.32 Å².